The van der Waals surface area contributed by atoms with E-state index in [-0.39, 0.29) is 17.7 Å². The Morgan fingerprint density at radius 3 is 2.80 bits per heavy atom. The summed E-state index contributed by atoms with van der Waals surface area (Å²) in [4.78, 5) is 19.0. The maximum atomic E-state index is 11.9. The minimum atomic E-state index is -0.179. The molecule has 1 heterocycles. The molecule has 1 amide bonds. The van der Waals surface area contributed by atoms with Crippen LogP contribution in [0.1, 0.15) is 30.8 Å². The fourth-order valence-corrected chi connectivity index (χ4v) is 1.81. The standard InChI is InChI=1S/C15H17N3O2/c1-2-13(15-16-9-10-17-15)18-14(20)8-5-11-3-6-12(19)7-4-11/h3-10,13,19H,2H2,1H3,(H,16,17)(H,18,20)/b8-5+. The quantitative estimate of drug-likeness (QED) is 0.731. The number of nitrogens with one attached hydrogen (secondary N) is 2. The second-order valence-electron chi connectivity index (χ2n) is 4.37. The Kier molecular flexibility index (Phi) is 4.55. The van der Waals surface area contributed by atoms with Crippen molar-refractivity contribution in [3.8, 4) is 5.75 Å². The van der Waals surface area contributed by atoms with Gasteiger partial charge < -0.3 is 15.4 Å². The van der Waals surface area contributed by atoms with Crippen LogP contribution < -0.4 is 5.32 Å². The van der Waals surface area contributed by atoms with Gasteiger partial charge in [-0.3, -0.25) is 4.79 Å². The lowest BCUT2D eigenvalue weighted by Gasteiger charge is -2.12. The number of carbonyl (C=O) groups excluding carboxylic acids is 1. The Bertz CT molecular complexity index is 574. The lowest BCUT2D eigenvalue weighted by atomic mass is 10.2. The van der Waals surface area contributed by atoms with Crippen LogP contribution in [0.15, 0.2) is 42.7 Å². The summed E-state index contributed by atoms with van der Waals surface area (Å²) in [6, 6.07) is 6.51. The molecule has 1 atom stereocenters. The van der Waals surface area contributed by atoms with E-state index in [4.69, 9.17) is 0 Å². The van der Waals surface area contributed by atoms with Crippen molar-refractivity contribution in [3.63, 3.8) is 0 Å². The van der Waals surface area contributed by atoms with E-state index in [1.807, 2.05) is 6.92 Å². The Hall–Kier alpha value is -2.56. The van der Waals surface area contributed by atoms with Gasteiger partial charge in [0.05, 0.1) is 6.04 Å². The van der Waals surface area contributed by atoms with Crippen molar-refractivity contribution in [2.24, 2.45) is 0 Å². The second-order valence-corrected chi connectivity index (χ2v) is 4.37. The number of phenolic OH excluding ortho intramolecular Hbond substituents is 1. The molecule has 0 aliphatic heterocycles. The molecule has 0 radical (unpaired) electrons. The first kappa shape index (κ1) is 13.9. The number of rotatable bonds is 5. The van der Waals surface area contributed by atoms with Crippen molar-refractivity contribution >= 4 is 12.0 Å². The highest BCUT2D eigenvalue weighted by atomic mass is 16.3. The maximum Gasteiger partial charge on any atom is 0.244 e. The van der Waals surface area contributed by atoms with Crippen LogP contribution in [-0.2, 0) is 4.79 Å². The van der Waals surface area contributed by atoms with Crippen molar-refractivity contribution in [1.82, 2.24) is 15.3 Å². The van der Waals surface area contributed by atoms with Crippen molar-refractivity contribution < 1.29 is 9.90 Å². The summed E-state index contributed by atoms with van der Waals surface area (Å²) in [7, 11) is 0. The lowest BCUT2D eigenvalue weighted by Crippen LogP contribution is -2.27. The highest BCUT2D eigenvalue weighted by Gasteiger charge is 2.12. The zero-order valence-corrected chi connectivity index (χ0v) is 11.2. The van der Waals surface area contributed by atoms with Gasteiger partial charge in [0, 0.05) is 18.5 Å². The summed E-state index contributed by atoms with van der Waals surface area (Å²) >= 11 is 0. The molecular formula is C15H17N3O2. The number of aromatic nitrogens is 2. The van der Waals surface area contributed by atoms with Gasteiger partial charge in [-0.15, -0.1) is 0 Å². The third-order valence-electron chi connectivity index (χ3n) is 2.89. The third kappa shape index (κ3) is 3.71. The first-order chi connectivity index (χ1) is 9.69. The molecule has 20 heavy (non-hydrogen) atoms. The minimum Gasteiger partial charge on any atom is -0.508 e. The average molecular weight is 271 g/mol. The van der Waals surface area contributed by atoms with Crippen molar-refractivity contribution in [1.29, 1.82) is 0 Å². The zero-order chi connectivity index (χ0) is 14.4. The Morgan fingerprint density at radius 2 is 2.20 bits per heavy atom. The van der Waals surface area contributed by atoms with Gasteiger partial charge in [-0.1, -0.05) is 19.1 Å². The van der Waals surface area contributed by atoms with Gasteiger partial charge in [0.15, 0.2) is 0 Å². The number of nitrogens with zero attached hydrogens (tertiary/aromatic N) is 1. The van der Waals surface area contributed by atoms with E-state index < -0.39 is 0 Å². The van der Waals surface area contributed by atoms with E-state index in [2.05, 4.69) is 15.3 Å². The number of aromatic amines is 1. The van der Waals surface area contributed by atoms with E-state index in [1.165, 1.54) is 6.08 Å². The normalized spacial score (nSPS) is 12.4. The SMILES string of the molecule is CCC(NC(=O)/C=C/c1ccc(O)cc1)c1ncc[nH]1. The first-order valence-electron chi connectivity index (χ1n) is 6.46. The fourth-order valence-electron chi connectivity index (χ4n) is 1.81. The minimum absolute atomic E-state index is 0.123. The largest absolute Gasteiger partial charge is 0.508 e. The van der Waals surface area contributed by atoms with Crippen LogP contribution in [-0.4, -0.2) is 21.0 Å². The van der Waals surface area contributed by atoms with E-state index >= 15 is 0 Å². The maximum absolute atomic E-state index is 11.9. The first-order valence-corrected chi connectivity index (χ1v) is 6.46. The van der Waals surface area contributed by atoms with E-state index in [1.54, 1.807) is 42.7 Å². The van der Waals surface area contributed by atoms with Gasteiger partial charge in [-0.2, -0.15) is 0 Å². The van der Waals surface area contributed by atoms with Crippen LogP contribution in [0.5, 0.6) is 5.75 Å². The molecule has 0 aliphatic carbocycles. The molecule has 2 rings (SSSR count). The fraction of sp³-hybridized carbons (Fsp3) is 0.200. The van der Waals surface area contributed by atoms with Gasteiger partial charge in [0.2, 0.25) is 5.91 Å². The van der Waals surface area contributed by atoms with E-state index in [9.17, 15) is 9.90 Å². The highest BCUT2D eigenvalue weighted by molar-refractivity contribution is 5.91. The number of carbonyl (C=O) groups is 1. The molecule has 0 bridgehead atoms. The monoisotopic (exact) mass is 271 g/mol. The smallest absolute Gasteiger partial charge is 0.244 e. The molecule has 0 spiro atoms. The molecule has 3 N–H and O–H groups in total. The van der Waals surface area contributed by atoms with Crippen LogP contribution >= 0.6 is 0 Å². The lowest BCUT2D eigenvalue weighted by molar-refractivity contribution is -0.117. The molecule has 104 valence electrons. The summed E-state index contributed by atoms with van der Waals surface area (Å²) in [6.07, 6.45) is 7.32. The van der Waals surface area contributed by atoms with Crippen LogP contribution in [0.3, 0.4) is 0 Å². The molecule has 0 fully saturated rings. The molecule has 1 unspecified atom stereocenters. The predicted octanol–water partition coefficient (Wildman–Crippen LogP) is 2.40. The Morgan fingerprint density at radius 1 is 1.45 bits per heavy atom. The van der Waals surface area contributed by atoms with Crippen LogP contribution in [0.4, 0.5) is 0 Å². The van der Waals surface area contributed by atoms with Gasteiger partial charge in [-0.05, 0) is 30.2 Å². The predicted molar refractivity (Wildman–Crippen MR) is 76.9 cm³/mol. The number of hydrogen-bond acceptors (Lipinski definition) is 3. The number of phenols is 1. The van der Waals surface area contributed by atoms with Gasteiger partial charge >= 0.3 is 0 Å². The number of aromatic hydroxyl groups is 1. The summed E-state index contributed by atoms with van der Waals surface area (Å²) in [5.41, 5.74) is 0.851. The van der Waals surface area contributed by atoms with Crippen molar-refractivity contribution in [3.05, 3.63) is 54.1 Å². The molecular weight excluding hydrogens is 254 g/mol. The molecule has 2 aromatic rings. The number of hydrogen-bond donors (Lipinski definition) is 3. The number of H-pyrrole nitrogens is 1. The molecule has 1 aromatic carbocycles. The topological polar surface area (TPSA) is 78.0 Å². The van der Waals surface area contributed by atoms with E-state index in [0.717, 1.165) is 17.8 Å². The summed E-state index contributed by atoms with van der Waals surface area (Å²) in [5.74, 6) is 0.774. The number of imidazole rings is 1. The molecule has 5 heteroatoms. The Balaban J connectivity index is 1.96. The zero-order valence-electron chi connectivity index (χ0n) is 11.2. The second kappa shape index (κ2) is 6.56. The molecule has 0 saturated heterocycles. The van der Waals surface area contributed by atoms with Crippen LogP contribution in [0.2, 0.25) is 0 Å². The Labute approximate surface area is 117 Å². The van der Waals surface area contributed by atoms with Gasteiger partial charge in [0.25, 0.3) is 0 Å². The van der Waals surface area contributed by atoms with Crippen LogP contribution in [0.25, 0.3) is 6.08 Å². The highest BCUT2D eigenvalue weighted by Crippen LogP contribution is 2.12. The van der Waals surface area contributed by atoms with Crippen molar-refractivity contribution in [2.75, 3.05) is 0 Å². The summed E-state index contributed by atoms with van der Waals surface area (Å²) in [6.45, 7) is 1.98. The number of benzene rings is 1. The van der Waals surface area contributed by atoms with E-state index in [0.29, 0.717) is 0 Å². The molecule has 1 aromatic heterocycles. The van der Waals surface area contributed by atoms with Crippen LogP contribution in [0, 0.1) is 0 Å². The number of amides is 1. The van der Waals surface area contributed by atoms with Crippen molar-refractivity contribution in [2.45, 2.75) is 19.4 Å². The molecule has 0 aliphatic rings. The summed E-state index contributed by atoms with van der Waals surface area (Å²) in [5, 5.41) is 12.1. The average Bonchev–Trinajstić information content (AvgIpc) is 2.98. The summed E-state index contributed by atoms with van der Waals surface area (Å²) < 4.78 is 0. The third-order valence-corrected chi connectivity index (χ3v) is 2.89. The van der Waals surface area contributed by atoms with Gasteiger partial charge in [0.1, 0.15) is 11.6 Å². The molecule has 5 nitrogen and oxygen atoms in total. The van der Waals surface area contributed by atoms with Gasteiger partial charge in [-0.25, -0.2) is 4.98 Å². The molecule has 0 saturated carbocycles.